The first-order valence-electron chi connectivity index (χ1n) is 11.4. The van der Waals surface area contributed by atoms with E-state index in [1.807, 2.05) is 54.6 Å². The molecule has 190 valence electrons. The molecule has 1 aliphatic rings. The number of rotatable bonds is 8. The molecule has 0 bridgehead atoms. The number of carbonyl (C=O) groups excluding carboxylic acids is 2. The van der Waals surface area contributed by atoms with Crippen LogP contribution in [-0.2, 0) is 15.3 Å². The largest absolute Gasteiger partial charge is 0.503 e. The van der Waals surface area contributed by atoms with Gasteiger partial charge in [0.1, 0.15) is 0 Å². The van der Waals surface area contributed by atoms with Gasteiger partial charge in [0.15, 0.2) is 15.9 Å². The number of hydrogen-bond acceptors (Lipinski definition) is 7. The van der Waals surface area contributed by atoms with Crippen LogP contribution >= 0.6 is 46.3 Å². The van der Waals surface area contributed by atoms with Gasteiger partial charge in [-0.25, -0.2) is 0 Å². The van der Waals surface area contributed by atoms with Crippen LogP contribution in [0, 0.1) is 0 Å². The fourth-order valence-corrected chi connectivity index (χ4v) is 6.23. The third-order valence-electron chi connectivity index (χ3n) is 5.80. The van der Waals surface area contributed by atoms with Gasteiger partial charge in [0, 0.05) is 15.8 Å². The quantitative estimate of drug-likeness (QED) is 0.134. The average Bonchev–Trinajstić information content (AvgIpc) is 3.50. The highest BCUT2D eigenvalue weighted by atomic mass is 35.5. The number of allylic oxidation sites excluding steroid dienone is 1. The van der Waals surface area contributed by atoms with Gasteiger partial charge < -0.3 is 5.11 Å². The molecule has 2 heterocycles. The summed E-state index contributed by atoms with van der Waals surface area (Å²) in [7, 11) is 0. The molecule has 0 fully saturated rings. The highest BCUT2D eigenvalue weighted by Gasteiger charge is 2.45. The van der Waals surface area contributed by atoms with Crippen molar-refractivity contribution in [1.82, 2.24) is 10.2 Å². The number of aromatic nitrogens is 2. The van der Waals surface area contributed by atoms with Crippen LogP contribution in [0.5, 0.6) is 0 Å². The molecule has 0 saturated carbocycles. The zero-order valence-electron chi connectivity index (χ0n) is 19.6. The Balaban J connectivity index is 1.46. The monoisotopic (exact) mass is 579 g/mol. The van der Waals surface area contributed by atoms with E-state index in [0.29, 0.717) is 25.7 Å². The highest BCUT2D eigenvalue weighted by Crippen LogP contribution is 2.43. The van der Waals surface area contributed by atoms with E-state index in [0.717, 1.165) is 11.1 Å². The maximum atomic E-state index is 13.3. The van der Waals surface area contributed by atoms with E-state index in [9.17, 15) is 14.7 Å². The fraction of sp³-hybridized carbons (Fsp3) is 0.0714. The summed E-state index contributed by atoms with van der Waals surface area (Å²) in [5.41, 5.74) is 2.33. The topological polar surface area (TPSA) is 83.4 Å². The Morgan fingerprint density at radius 2 is 1.71 bits per heavy atom. The first-order chi connectivity index (χ1) is 18.4. The molecule has 3 aromatic carbocycles. The fourth-order valence-electron chi connectivity index (χ4n) is 3.95. The number of carbonyl (C=O) groups is 2. The minimum absolute atomic E-state index is 0.0371. The molecule has 0 saturated heterocycles. The molecule has 1 amide bonds. The van der Waals surface area contributed by atoms with E-state index >= 15 is 0 Å². The number of anilines is 1. The van der Waals surface area contributed by atoms with Crippen LogP contribution < -0.4 is 4.90 Å². The summed E-state index contributed by atoms with van der Waals surface area (Å²) in [6.07, 6.45) is 2.99. The first kappa shape index (κ1) is 26.2. The highest BCUT2D eigenvalue weighted by molar-refractivity contribution is 8.00. The first-order valence-corrected chi connectivity index (χ1v) is 14.0. The summed E-state index contributed by atoms with van der Waals surface area (Å²) < 4.78 is 0.616. The Morgan fingerprint density at radius 1 is 1.00 bits per heavy atom. The molecule has 1 atom stereocenters. The minimum atomic E-state index is -0.901. The molecular weight excluding hydrogens is 561 g/mol. The van der Waals surface area contributed by atoms with Gasteiger partial charge in [0.25, 0.3) is 5.91 Å². The van der Waals surface area contributed by atoms with Crippen molar-refractivity contribution in [3.05, 3.63) is 123 Å². The minimum Gasteiger partial charge on any atom is -0.503 e. The molecule has 6 nitrogen and oxygen atoms in total. The van der Waals surface area contributed by atoms with Crippen molar-refractivity contribution in [2.24, 2.45) is 0 Å². The van der Waals surface area contributed by atoms with Gasteiger partial charge in [-0.05, 0) is 41.0 Å². The van der Waals surface area contributed by atoms with Crippen molar-refractivity contribution in [1.29, 1.82) is 0 Å². The smallest absolute Gasteiger partial charge is 0.296 e. The predicted molar refractivity (Wildman–Crippen MR) is 153 cm³/mol. The molecule has 0 aliphatic carbocycles. The van der Waals surface area contributed by atoms with Crippen LogP contribution in [0.15, 0.2) is 101 Å². The summed E-state index contributed by atoms with van der Waals surface area (Å²) in [4.78, 5) is 28.0. The molecular formula is C28H19Cl2N3O3S2. The van der Waals surface area contributed by atoms with Crippen molar-refractivity contribution in [3.63, 3.8) is 0 Å². The summed E-state index contributed by atoms with van der Waals surface area (Å²) in [5.74, 6) is -1.26. The molecule has 1 aromatic heterocycles. The van der Waals surface area contributed by atoms with Crippen LogP contribution in [0.2, 0.25) is 10.0 Å². The summed E-state index contributed by atoms with van der Waals surface area (Å²) in [5, 5.41) is 20.8. The number of aliphatic hydroxyl groups excluding tert-OH is 1. The zero-order chi connectivity index (χ0) is 26.6. The Bertz CT molecular complexity index is 1550. The number of benzene rings is 3. The van der Waals surface area contributed by atoms with Crippen molar-refractivity contribution in [2.75, 3.05) is 4.90 Å². The molecule has 10 heteroatoms. The SMILES string of the molecule is O=C(C=Cc1ccccc1)C1=C(O)C(=O)N(c2nnc(SCc3ccccc3Cl)s2)C1c1ccc(Cl)cc1. The van der Waals surface area contributed by atoms with Crippen molar-refractivity contribution >= 4 is 69.2 Å². The second-order valence-electron chi connectivity index (χ2n) is 8.23. The normalized spacial score (nSPS) is 15.6. The van der Waals surface area contributed by atoms with Crippen LogP contribution in [-0.4, -0.2) is 27.0 Å². The number of nitrogens with zero attached hydrogens (tertiary/aromatic N) is 3. The molecule has 1 N–H and O–H groups in total. The third kappa shape index (κ3) is 5.54. The van der Waals surface area contributed by atoms with E-state index in [4.69, 9.17) is 23.2 Å². The van der Waals surface area contributed by atoms with Gasteiger partial charge in [-0.3, -0.25) is 14.5 Å². The predicted octanol–water partition coefficient (Wildman–Crippen LogP) is 7.32. The molecule has 1 unspecified atom stereocenters. The van der Waals surface area contributed by atoms with Gasteiger partial charge in [0.05, 0.1) is 11.6 Å². The van der Waals surface area contributed by atoms with Gasteiger partial charge in [-0.1, -0.05) is 113 Å². The van der Waals surface area contributed by atoms with Crippen molar-refractivity contribution in [2.45, 2.75) is 16.1 Å². The Kier molecular flexibility index (Phi) is 7.95. The van der Waals surface area contributed by atoms with Crippen LogP contribution in [0.3, 0.4) is 0 Å². The van der Waals surface area contributed by atoms with E-state index in [1.54, 1.807) is 30.3 Å². The molecule has 5 rings (SSSR count). The van der Waals surface area contributed by atoms with Gasteiger partial charge >= 0.3 is 0 Å². The number of aliphatic hydroxyl groups is 1. The second-order valence-corrected chi connectivity index (χ2v) is 11.3. The second kappa shape index (κ2) is 11.5. The molecule has 1 aliphatic heterocycles. The van der Waals surface area contributed by atoms with E-state index in [2.05, 4.69) is 10.2 Å². The van der Waals surface area contributed by atoms with Crippen molar-refractivity contribution in [3.8, 4) is 0 Å². The maximum Gasteiger partial charge on any atom is 0.296 e. The number of halogens is 2. The molecule has 4 aromatic rings. The lowest BCUT2D eigenvalue weighted by Gasteiger charge is -2.23. The van der Waals surface area contributed by atoms with Gasteiger partial charge in [-0.2, -0.15) is 0 Å². The Morgan fingerprint density at radius 3 is 2.45 bits per heavy atom. The van der Waals surface area contributed by atoms with E-state index in [1.165, 1.54) is 34.1 Å². The number of amides is 1. The summed E-state index contributed by atoms with van der Waals surface area (Å²) in [6, 6.07) is 22.7. The lowest BCUT2D eigenvalue weighted by molar-refractivity contribution is -0.117. The van der Waals surface area contributed by atoms with Gasteiger partial charge in [-0.15, -0.1) is 10.2 Å². The van der Waals surface area contributed by atoms with Crippen LogP contribution in [0.4, 0.5) is 5.13 Å². The molecule has 0 spiro atoms. The molecule has 0 radical (unpaired) electrons. The average molecular weight is 581 g/mol. The van der Waals surface area contributed by atoms with Gasteiger partial charge in [0.2, 0.25) is 5.13 Å². The molecule has 38 heavy (non-hydrogen) atoms. The van der Waals surface area contributed by atoms with Crippen molar-refractivity contribution < 1.29 is 14.7 Å². The third-order valence-corrected chi connectivity index (χ3v) is 8.52. The lowest BCUT2D eigenvalue weighted by Crippen LogP contribution is -2.30. The maximum absolute atomic E-state index is 13.3. The number of thioether (sulfide) groups is 1. The standard InChI is InChI=1S/C28H19Cl2N3O3S2/c29-20-13-11-18(12-14-20)24-23(22(34)15-10-17-6-2-1-3-7-17)25(35)26(36)33(24)27-31-32-28(38-27)37-16-19-8-4-5-9-21(19)30/h1-15,24,35H,16H2. The lowest BCUT2D eigenvalue weighted by atomic mass is 9.96. The number of ketones is 1. The number of hydrogen-bond donors (Lipinski definition) is 1. The summed E-state index contributed by atoms with van der Waals surface area (Å²) in [6.45, 7) is 0. The zero-order valence-corrected chi connectivity index (χ0v) is 22.8. The summed E-state index contributed by atoms with van der Waals surface area (Å²) >= 11 is 15.0. The van der Waals surface area contributed by atoms with E-state index in [-0.39, 0.29) is 10.7 Å². The van der Waals surface area contributed by atoms with Crippen LogP contribution in [0.25, 0.3) is 6.08 Å². The Hall–Kier alpha value is -3.43. The Labute approximate surface area is 237 Å². The van der Waals surface area contributed by atoms with E-state index < -0.39 is 23.5 Å². The van der Waals surface area contributed by atoms with Crippen LogP contribution in [0.1, 0.15) is 22.7 Å².